The van der Waals surface area contributed by atoms with Crippen LogP contribution in [0.1, 0.15) is 11.8 Å². The van der Waals surface area contributed by atoms with Gasteiger partial charge in [-0.05, 0) is 18.4 Å². The number of ether oxygens (including phenoxy) is 1. The Morgan fingerprint density at radius 1 is 1.48 bits per heavy atom. The number of rotatable bonds is 6. The Morgan fingerprint density at radius 2 is 2.22 bits per heavy atom. The summed E-state index contributed by atoms with van der Waals surface area (Å²) in [4.78, 5) is 49.5. The highest BCUT2D eigenvalue weighted by molar-refractivity contribution is 8.00. The number of hydrogen-bond acceptors (Lipinski definition) is 7. The van der Waals surface area contributed by atoms with Gasteiger partial charge in [-0.15, -0.1) is 23.1 Å². The number of carboxylic acid groups (broad SMARTS) is 1. The van der Waals surface area contributed by atoms with Crippen LogP contribution >= 0.6 is 23.1 Å². The zero-order chi connectivity index (χ0) is 19.8. The van der Waals surface area contributed by atoms with E-state index in [1.807, 2.05) is 17.5 Å². The van der Waals surface area contributed by atoms with Crippen molar-refractivity contribution >= 4 is 47.0 Å². The molecule has 1 saturated heterocycles. The molecule has 0 spiro atoms. The second-order valence-electron chi connectivity index (χ2n) is 6.21. The molecule has 1 fully saturated rings. The summed E-state index contributed by atoms with van der Waals surface area (Å²) in [7, 11) is 0. The summed E-state index contributed by atoms with van der Waals surface area (Å²) in [5.74, 6) is -1.89. The summed E-state index contributed by atoms with van der Waals surface area (Å²) in [6.45, 7) is 1.28. The van der Waals surface area contributed by atoms with E-state index in [1.165, 1.54) is 23.1 Å². The summed E-state index contributed by atoms with van der Waals surface area (Å²) in [6, 6.07) is 3.66. The number of thiophene rings is 1. The van der Waals surface area contributed by atoms with Gasteiger partial charge in [0.1, 0.15) is 23.2 Å². The predicted octanol–water partition coefficient (Wildman–Crippen LogP) is 0.515. The van der Waals surface area contributed by atoms with Crippen LogP contribution in [-0.2, 0) is 25.5 Å². The third-order valence-electron chi connectivity index (χ3n) is 4.29. The van der Waals surface area contributed by atoms with Crippen LogP contribution in [0.5, 0.6) is 0 Å². The van der Waals surface area contributed by atoms with Gasteiger partial charge in [0.15, 0.2) is 0 Å². The molecule has 0 aromatic carbocycles. The number of thioether (sulfide) groups is 1. The molecule has 3 rings (SSSR count). The van der Waals surface area contributed by atoms with E-state index >= 15 is 0 Å². The van der Waals surface area contributed by atoms with Gasteiger partial charge in [-0.25, -0.2) is 9.59 Å². The highest BCUT2D eigenvalue weighted by Gasteiger charge is 2.62. The Kier molecular flexibility index (Phi) is 5.16. The van der Waals surface area contributed by atoms with Crippen LogP contribution in [0.25, 0.3) is 0 Å². The Labute approximate surface area is 162 Å². The molecule has 27 heavy (non-hydrogen) atoms. The third kappa shape index (κ3) is 3.52. The Balaban J connectivity index is 1.76. The van der Waals surface area contributed by atoms with Gasteiger partial charge < -0.3 is 20.9 Å². The first-order chi connectivity index (χ1) is 12.7. The maximum absolute atomic E-state index is 12.7. The van der Waals surface area contributed by atoms with E-state index in [0.717, 1.165) is 9.78 Å². The second kappa shape index (κ2) is 7.24. The van der Waals surface area contributed by atoms with Crippen molar-refractivity contribution in [1.82, 2.24) is 10.2 Å². The van der Waals surface area contributed by atoms with Gasteiger partial charge in [-0.1, -0.05) is 6.07 Å². The molecule has 2 aliphatic rings. The molecule has 11 heteroatoms. The number of nitrogens with one attached hydrogen (secondary N) is 1. The number of carbonyl (C=O) groups excluding carboxylic acids is 3. The van der Waals surface area contributed by atoms with E-state index in [4.69, 9.17) is 5.73 Å². The number of carbonyl (C=O) groups is 4. The molecule has 3 amide bonds. The van der Waals surface area contributed by atoms with Crippen molar-refractivity contribution in [3.63, 3.8) is 0 Å². The van der Waals surface area contributed by atoms with Gasteiger partial charge in [-0.3, -0.25) is 14.5 Å². The Bertz CT molecular complexity index is 837. The molecule has 0 bridgehead atoms. The van der Waals surface area contributed by atoms with Crippen LogP contribution in [0.3, 0.4) is 0 Å². The Hall–Kier alpha value is -2.53. The number of nitrogens with zero attached hydrogens (tertiary/aromatic N) is 1. The fraction of sp³-hybridized carbons (Fsp3) is 0.375. The Morgan fingerprint density at radius 3 is 2.81 bits per heavy atom. The zero-order valence-corrected chi connectivity index (χ0v) is 15.9. The lowest BCUT2D eigenvalue weighted by molar-refractivity contribution is -0.157. The zero-order valence-electron chi connectivity index (χ0n) is 14.3. The van der Waals surface area contributed by atoms with Crippen LogP contribution in [0.2, 0.25) is 0 Å². The smallest absolute Gasteiger partial charge is 0.404 e. The number of primary amides is 1. The first-order valence-electron chi connectivity index (χ1n) is 7.90. The lowest BCUT2D eigenvalue weighted by Gasteiger charge is -2.55. The highest BCUT2D eigenvalue weighted by atomic mass is 32.2. The van der Waals surface area contributed by atoms with Crippen molar-refractivity contribution < 1.29 is 29.0 Å². The van der Waals surface area contributed by atoms with Gasteiger partial charge in [0.25, 0.3) is 5.91 Å². The number of nitrogens with two attached hydrogens (primary N) is 1. The van der Waals surface area contributed by atoms with Crippen LogP contribution < -0.4 is 11.1 Å². The van der Waals surface area contributed by atoms with Gasteiger partial charge in [0, 0.05) is 16.2 Å². The number of aliphatic carboxylic acids is 1. The van der Waals surface area contributed by atoms with Crippen LogP contribution in [0.4, 0.5) is 4.79 Å². The fourth-order valence-electron chi connectivity index (χ4n) is 3.08. The summed E-state index contributed by atoms with van der Waals surface area (Å²) < 4.78 is 4.68. The van der Waals surface area contributed by atoms with Crippen molar-refractivity contribution in [1.29, 1.82) is 0 Å². The van der Waals surface area contributed by atoms with Crippen molar-refractivity contribution in [2.45, 2.75) is 24.3 Å². The predicted molar refractivity (Wildman–Crippen MR) is 97.9 cm³/mol. The molecule has 0 saturated carbocycles. The highest BCUT2D eigenvalue weighted by Crippen LogP contribution is 2.46. The molecule has 9 nitrogen and oxygen atoms in total. The van der Waals surface area contributed by atoms with Crippen LogP contribution in [-0.4, -0.2) is 57.2 Å². The molecule has 1 unspecified atom stereocenters. The average molecular weight is 411 g/mol. The normalized spacial score (nSPS) is 24.1. The summed E-state index contributed by atoms with van der Waals surface area (Å²) >= 11 is 2.73. The van der Waals surface area contributed by atoms with Crippen molar-refractivity contribution in [3.8, 4) is 0 Å². The van der Waals surface area contributed by atoms with Gasteiger partial charge in [-0.2, -0.15) is 0 Å². The number of amides is 3. The van der Waals surface area contributed by atoms with Gasteiger partial charge in [0.2, 0.25) is 5.91 Å². The molecule has 3 heterocycles. The molecule has 1 aromatic rings. The van der Waals surface area contributed by atoms with E-state index in [0.29, 0.717) is 0 Å². The number of fused-ring (bicyclic) bond motifs is 1. The minimum atomic E-state index is -1.30. The summed E-state index contributed by atoms with van der Waals surface area (Å²) in [5.41, 5.74) is 3.78. The molecular weight excluding hydrogens is 394 g/mol. The standard InChI is InChI=1S/C16H17N3O6S2/c1-16(18-10(20)5-9-3-2-4-26-9)13(23)19-11(12(21)22)8(6-25-15(17)24)7-27-14(16)19/h2-4,14H,5-7H2,1H3,(H2,17,24)(H,18,20)(H,21,22)/t14-,16?/m0/s1. The largest absolute Gasteiger partial charge is 0.477 e. The molecule has 2 aliphatic heterocycles. The quantitative estimate of drug-likeness (QED) is 0.580. The lowest BCUT2D eigenvalue weighted by Crippen LogP contribution is -2.78. The first-order valence-corrected chi connectivity index (χ1v) is 9.83. The molecule has 0 aliphatic carbocycles. The van der Waals surface area contributed by atoms with E-state index in [2.05, 4.69) is 10.1 Å². The van der Waals surface area contributed by atoms with Gasteiger partial charge in [0.05, 0.1) is 6.42 Å². The van der Waals surface area contributed by atoms with Crippen LogP contribution in [0.15, 0.2) is 28.8 Å². The number of carboxylic acids is 1. The van der Waals surface area contributed by atoms with Crippen molar-refractivity contribution in [2.24, 2.45) is 5.73 Å². The maximum atomic E-state index is 12.7. The van der Waals surface area contributed by atoms with Gasteiger partial charge >= 0.3 is 12.1 Å². The minimum absolute atomic E-state index is 0.150. The van der Waals surface area contributed by atoms with E-state index in [-0.39, 0.29) is 36.0 Å². The molecular formula is C16H17N3O6S2. The van der Waals surface area contributed by atoms with Crippen molar-refractivity contribution in [3.05, 3.63) is 33.7 Å². The third-order valence-corrected chi connectivity index (χ3v) is 6.68. The van der Waals surface area contributed by atoms with E-state index in [1.54, 1.807) is 6.92 Å². The molecule has 0 radical (unpaired) electrons. The molecule has 2 atom stereocenters. The summed E-state index contributed by atoms with van der Waals surface area (Å²) in [5, 5.41) is 13.6. The number of hydrogen-bond donors (Lipinski definition) is 3. The van der Waals surface area contributed by atoms with Crippen LogP contribution in [0, 0.1) is 0 Å². The van der Waals surface area contributed by atoms with E-state index in [9.17, 15) is 24.3 Å². The van der Waals surface area contributed by atoms with E-state index < -0.39 is 28.9 Å². The average Bonchev–Trinajstić information content (AvgIpc) is 3.11. The lowest BCUT2D eigenvalue weighted by atomic mass is 9.88. The second-order valence-corrected chi connectivity index (χ2v) is 8.31. The maximum Gasteiger partial charge on any atom is 0.404 e. The number of β-lactam (4-membered cyclic amide) rings is 1. The molecule has 4 N–H and O–H groups in total. The van der Waals surface area contributed by atoms with Crippen molar-refractivity contribution in [2.75, 3.05) is 12.4 Å². The first kappa shape index (κ1) is 19.2. The molecule has 144 valence electrons. The topological polar surface area (TPSA) is 139 Å². The monoisotopic (exact) mass is 411 g/mol. The minimum Gasteiger partial charge on any atom is -0.477 e. The summed E-state index contributed by atoms with van der Waals surface area (Å²) in [6.07, 6.45) is -0.878. The molecule has 1 aromatic heterocycles. The SMILES string of the molecule is CC1(NC(=O)Cc2cccs2)C(=O)N2C(C(=O)O)=C(COC(N)=O)CS[C@H]21. The fourth-order valence-corrected chi connectivity index (χ4v) is 5.20.